The zero-order chi connectivity index (χ0) is 29.1. The van der Waals surface area contributed by atoms with Crippen LogP contribution in [0.3, 0.4) is 0 Å². The number of carbonyl (C=O) groups is 2. The Bertz CT molecular complexity index is 1550. The number of anilines is 2. The maximum atomic E-state index is 14.6. The molecule has 1 N–H and O–H groups in total. The second-order valence-electron chi connectivity index (χ2n) is 10.2. The molecule has 12 heteroatoms. The van der Waals surface area contributed by atoms with Crippen molar-refractivity contribution in [3.05, 3.63) is 89.1 Å². The standard InChI is InChI=1S/C29H29ClF2N4O4S/c30-24-12-5-4-11-23(24)27(28(37)34-21-8-2-1-3-9-21)35(22-10-6-7-19(31)17-22)29(38)25-14-16-41(39,40)36(25)26-18-20(32)13-15-33-26/h4-7,10-13,15,17-18,21,25,27H,1-3,8-9,14,16H2,(H,34,37)/t25-,27?/m0/s1. The Morgan fingerprint density at radius 3 is 2.41 bits per heavy atom. The van der Waals surface area contributed by atoms with Crippen LogP contribution >= 0.6 is 11.6 Å². The molecule has 8 nitrogen and oxygen atoms in total. The monoisotopic (exact) mass is 602 g/mol. The molecule has 1 unspecified atom stereocenters. The maximum Gasteiger partial charge on any atom is 0.252 e. The zero-order valence-electron chi connectivity index (χ0n) is 22.0. The summed E-state index contributed by atoms with van der Waals surface area (Å²) in [5.74, 6) is -3.38. The van der Waals surface area contributed by atoms with Gasteiger partial charge in [0, 0.05) is 34.6 Å². The van der Waals surface area contributed by atoms with Crippen molar-refractivity contribution in [3.8, 4) is 0 Å². The van der Waals surface area contributed by atoms with Gasteiger partial charge in [0.05, 0.1) is 5.75 Å². The lowest BCUT2D eigenvalue weighted by Gasteiger charge is -2.36. The molecule has 0 radical (unpaired) electrons. The van der Waals surface area contributed by atoms with E-state index in [9.17, 15) is 26.8 Å². The SMILES string of the molecule is O=C(NC1CCCCC1)C(c1ccccc1Cl)N(C(=O)[C@@H]1CCS(=O)(=O)N1c1cc(F)ccn1)c1cccc(F)c1. The van der Waals surface area contributed by atoms with E-state index >= 15 is 0 Å². The molecule has 2 heterocycles. The summed E-state index contributed by atoms with van der Waals surface area (Å²) >= 11 is 6.57. The molecule has 2 aromatic carbocycles. The van der Waals surface area contributed by atoms with E-state index in [0.717, 1.165) is 65.7 Å². The first-order valence-electron chi connectivity index (χ1n) is 13.4. The van der Waals surface area contributed by atoms with E-state index in [1.807, 2.05) is 0 Å². The van der Waals surface area contributed by atoms with Crippen LogP contribution in [0.2, 0.25) is 5.02 Å². The van der Waals surface area contributed by atoms with E-state index in [2.05, 4.69) is 10.3 Å². The van der Waals surface area contributed by atoms with Gasteiger partial charge in [0.15, 0.2) is 0 Å². The summed E-state index contributed by atoms with van der Waals surface area (Å²) in [6, 6.07) is 10.8. The Balaban J connectivity index is 1.64. The van der Waals surface area contributed by atoms with E-state index in [0.29, 0.717) is 0 Å². The lowest BCUT2D eigenvalue weighted by Crippen LogP contribution is -2.53. The number of halogens is 3. The number of nitrogens with one attached hydrogen (secondary N) is 1. The van der Waals surface area contributed by atoms with Crippen LogP contribution in [0.4, 0.5) is 20.3 Å². The van der Waals surface area contributed by atoms with Gasteiger partial charge in [-0.1, -0.05) is 55.1 Å². The first-order chi connectivity index (χ1) is 19.7. The Kier molecular flexibility index (Phi) is 8.55. The highest BCUT2D eigenvalue weighted by Gasteiger charge is 2.47. The van der Waals surface area contributed by atoms with E-state index in [1.165, 1.54) is 18.2 Å². The van der Waals surface area contributed by atoms with E-state index in [4.69, 9.17) is 11.6 Å². The number of aromatic nitrogens is 1. The minimum atomic E-state index is -4.06. The second kappa shape index (κ2) is 12.1. The number of pyridine rings is 1. The molecule has 3 aromatic rings. The number of benzene rings is 2. The quantitative estimate of drug-likeness (QED) is 0.403. The molecule has 2 fully saturated rings. The van der Waals surface area contributed by atoms with Crippen molar-refractivity contribution in [2.75, 3.05) is 15.0 Å². The van der Waals surface area contributed by atoms with Crippen molar-refractivity contribution in [3.63, 3.8) is 0 Å². The molecule has 1 aliphatic heterocycles. The fraction of sp³-hybridized carbons (Fsp3) is 0.345. The average molecular weight is 603 g/mol. The van der Waals surface area contributed by atoms with Gasteiger partial charge in [-0.2, -0.15) is 0 Å². The molecular weight excluding hydrogens is 574 g/mol. The van der Waals surface area contributed by atoms with Crippen molar-refractivity contribution in [2.24, 2.45) is 0 Å². The first-order valence-corrected chi connectivity index (χ1v) is 15.4. The van der Waals surface area contributed by atoms with Gasteiger partial charge in [-0.3, -0.25) is 14.5 Å². The Morgan fingerprint density at radius 1 is 0.976 bits per heavy atom. The van der Waals surface area contributed by atoms with Crippen molar-refractivity contribution in [1.82, 2.24) is 10.3 Å². The summed E-state index contributed by atoms with van der Waals surface area (Å²) in [6.07, 6.45) is 5.46. The highest BCUT2D eigenvalue weighted by atomic mass is 35.5. The van der Waals surface area contributed by atoms with Crippen molar-refractivity contribution >= 4 is 44.9 Å². The molecule has 41 heavy (non-hydrogen) atoms. The van der Waals surface area contributed by atoms with Crippen LogP contribution in [-0.4, -0.2) is 43.1 Å². The normalized spacial score (nSPS) is 19.5. The smallest absolute Gasteiger partial charge is 0.252 e. The molecular formula is C29H29ClF2N4O4S. The average Bonchev–Trinajstić information content (AvgIpc) is 3.27. The number of carbonyl (C=O) groups excluding carboxylic acids is 2. The van der Waals surface area contributed by atoms with Gasteiger partial charge in [0.1, 0.15) is 29.5 Å². The van der Waals surface area contributed by atoms with E-state index < -0.39 is 51.3 Å². The lowest BCUT2D eigenvalue weighted by atomic mass is 9.94. The minimum Gasteiger partial charge on any atom is -0.351 e. The fourth-order valence-electron chi connectivity index (χ4n) is 5.52. The van der Waals surface area contributed by atoms with Gasteiger partial charge in [0.2, 0.25) is 15.9 Å². The summed E-state index contributed by atoms with van der Waals surface area (Å²) in [5, 5.41) is 3.24. The van der Waals surface area contributed by atoms with Crippen LogP contribution in [0.25, 0.3) is 0 Å². The van der Waals surface area contributed by atoms with Crippen LogP contribution in [-0.2, 0) is 19.6 Å². The van der Waals surface area contributed by atoms with Crippen LogP contribution < -0.4 is 14.5 Å². The van der Waals surface area contributed by atoms with Crippen LogP contribution in [0.15, 0.2) is 66.9 Å². The van der Waals surface area contributed by atoms with Gasteiger partial charge in [0.25, 0.3) is 5.91 Å². The Morgan fingerprint density at radius 2 is 1.71 bits per heavy atom. The van der Waals surface area contributed by atoms with Gasteiger partial charge in [-0.25, -0.2) is 26.5 Å². The van der Waals surface area contributed by atoms with Crippen molar-refractivity contribution < 1.29 is 26.8 Å². The van der Waals surface area contributed by atoms with Crippen molar-refractivity contribution in [1.29, 1.82) is 0 Å². The molecule has 2 aliphatic rings. The molecule has 1 saturated heterocycles. The Labute approximate surface area is 242 Å². The predicted octanol–water partition coefficient (Wildman–Crippen LogP) is 5.15. The van der Waals surface area contributed by atoms with Crippen LogP contribution in [0, 0.1) is 11.6 Å². The summed E-state index contributed by atoms with van der Waals surface area (Å²) in [4.78, 5) is 33.6. The molecule has 0 spiro atoms. The third-order valence-corrected chi connectivity index (χ3v) is 9.57. The van der Waals surface area contributed by atoms with Gasteiger partial charge in [-0.05, 0) is 49.6 Å². The predicted molar refractivity (Wildman–Crippen MR) is 152 cm³/mol. The van der Waals surface area contributed by atoms with Gasteiger partial charge in [-0.15, -0.1) is 0 Å². The van der Waals surface area contributed by atoms with Gasteiger partial charge < -0.3 is 5.32 Å². The van der Waals surface area contributed by atoms with Crippen LogP contribution in [0.5, 0.6) is 0 Å². The number of amides is 2. The fourth-order valence-corrected chi connectivity index (χ4v) is 7.45. The second-order valence-corrected chi connectivity index (χ2v) is 12.6. The summed E-state index contributed by atoms with van der Waals surface area (Å²) < 4.78 is 55.7. The number of sulfonamides is 1. The number of rotatable bonds is 7. The maximum absolute atomic E-state index is 14.6. The van der Waals surface area contributed by atoms with Gasteiger partial charge >= 0.3 is 0 Å². The molecule has 0 bridgehead atoms. The molecule has 1 saturated carbocycles. The molecule has 1 aliphatic carbocycles. The first kappa shape index (κ1) is 28.9. The third kappa shape index (κ3) is 6.20. The lowest BCUT2D eigenvalue weighted by molar-refractivity contribution is -0.127. The molecule has 216 valence electrons. The summed E-state index contributed by atoms with van der Waals surface area (Å²) in [6.45, 7) is 0. The van der Waals surface area contributed by atoms with Crippen molar-refractivity contribution in [2.45, 2.75) is 56.7 Å². The Hall–Kier alpha value is -3.57. The molecule has 2 atom stereocenters. The topological polar surface area (TPSA) is 99.7 Å². The summed E-state index contributed by atoms with van der Waals surface area (Å²) in [7, 11) is -4.06. The minimum absolute atomic E-state index is 0.0372. The number of nitrogens with zero attached hydrogens (tertiary/aromatic N) is 3. The molecule has 5 rings (SSSR count). The van der Waals surface area contributed by atoms with E-state index in [-0.39, 0.29) is 34.6 Å². The largest absolute Gasteiger partial charge is 0.351 e. The summed E-state index contributed by atoms with van der Waals surface area (Å²) in [5.41, 5.74) is 0.325. The zero-order valence-corrected chi connectivity index (χ0v) is 23.6. The number of hydrogen-bond acceptors (Lipinski definition) is 5. The van der Waals surface area contributed by atoms with Crippen LogP contribution in [0.1, 0.15) is 50.1 Å². The molecule has 1 aromatic heterocycles. The van der Waals surface area contributed by atoms with E-state index in [1.54, 1.807) is 24.3 Å². The number of hydrogen-bond donors (Lipinski definition) is 1. The highest BCUT2D eigenvalue weighted by Crippen LogP contribution is 2.37. The molecule has 2 amide bonds. The highest BCUT2D eigenvalue weighted by molar-refractivity contribution is 7.93. The third-order valence-electron chi connectivity index (χ3n) is 7.43.